The van der Waals surface area contributed by atoms with Crippen molar-refractivity contribution in [3.63, 3.8) is 0 Å². The van der Waals surface area contributed by atoms with Gasteiger partial charge in [-0.25, -0.2) is 0 Å². The highest BCUT2D eigenvalue weighted by Gasteiger charge is 2.20. The van der Waals surface area contributed by atoms with Crippen molar-refractivity contribution in [1.29, 1.82) is 0 Å². The molecule has 0 aliphatic rings. The minimum Gasteiger partial charge on any atom is -0.448 e. The van der Waals surface area contributed by atoms with E-state index in [9.17, 15) is 10.1 Å². The van der Waals surface area contributed by atoms with E-state index in [2.05, 4.69) is 31.9 Å². The molecule has 2 aromatic carbocycles. The Kier molecular flexibility index (Phi) is 3.82. The smallest absolute Gasteiger partial charge is 0.270 e. The molecular weight excluding hydrogens is 402 g/mol. The second-order valence-electron chi connectivity index (χ2n) is 4.49. The van der Waals surface area contributed by atoms with E-state index in [1.165, 1.54) is 6.07 Å². The zero-order chi connectivity index (χ0) is 15.0. The second kappa shape index (κ2) is 5.61. The molecule has 4 nitrogen and oxygen atoms in total. The summed E-state index contributed by atoms with van der Waals surface area (Å²) in [4.78, 5) is 10.7. The summed E-state index contributed by atoms with van der Waals surface area (Å²) in [5.41, 5.74) is 3.24. The Morgan fingerprint density at radius 3 is 2.52 bits per heavy atom. The molecule has 1 aromatic heterocycles. The van der Waals surface area contributed by atoms with Crippen LogP contribution in [0.15, 0.2) is 51.6 Å². The normalized spacial score (nSPS) is 11.0. The molecule has 0 unspecified atom stereocenters. The van der Waals surface area contributed by atoms with E-state index >= 15 is 0 Å². The van der Waals surface area contributed by atoms with Gasteiger partial charge in [-0.05, 0) is 21.5 Å². The molecule has 3 aromatic rings. The van der Waals surface area contributed by atoms with Crippen LogP contribution >= 0.6 is 31.9 Å². The van der Waals surface area contributed by atoms with Crippen molar-refractivity contribution >= 4 is 48.5 Å². The van der Waals surface area contributed by atoms with Gasteiger partial charge in [-0.3, -0.25) is 10.1 Å². The number of hydrogen-bond acceptors (Lipinski definition) is 3. The van der Waals surface area contributed by atoms with Crippen molar-refractivity contribution in [2.75, 3.05) is 0 Å². The van der Waals surface area contributed by atoms with Crippen molar-refractivity contribution in [2.45, 2.75) is 5.33 Å². The molecule has 0 saturated carbocycles. The highest BCUT2D eigenvalue weighted by atomic mass is 79.9. The number of furan rings is 1. The third-order valence-corrected chi connectivity index (χ3v) is 4.39. The molecule has 0 spiro atoms. The van der Waals surface area contributed by atoms with Crippen LogP contribution in [0.5, 0.6) is 0 Å². The molecule has 106 valence electrons. The lowest BCUT2D eigenvalue weighted by Gasteiger charge is -2.01. The van der Waals surface area contributed by atoms with E-state index in [-0.39, 0.29) is 10.6 Å². The number of nitro groups is 1. The Labute approximate surface area is 137 Å². The summed E-state index contributed by atoms with van der Waals surface area (Å²) in [7, 11) is 0. The molecule has 1 heterocycles. The van der Waals surface area contributed by atoms with Crippen LogP contribution in [0.25, 0.3) is 22.1 Å². The summed E-state index contributed by atoms with van der Waals surface area (Å²) in [6.45, 7) is 0. The highest BCUT2D eigenvalue weighted by Crippen LogP contribution is 2.41. The zero-order valence-corrected chi connectivity index (χ0v) is 13.8. The molecule has 0 radical (unpaired) electrons. The van der Waals surface area contributed by atoms with Crippen LogP contribution < -0.4 is 0 Å². The van der Waals surface area contributed by atoms with Crippen molar-refractivity contribution in [3.05, 3.63) is 62.8 Å². The van der Waals surface area contributed by atoms with Crippen LogP contribution in [-0.2, 0) is 5.33 Å². The fraction of sp³-hybridized carbons (Fsp3) is 0.0667. The fourth-order valence-electron chi connectivity index (χ4n) is 2.30. The third kappa shape index (κ3) is 2.49. The van der Waals surface area contributed by atoms with Gasteiger partial charge in [-0.15, -0.1) is 0 Å². The Morgan fingerprint density at radius 1 is 1.19 bits per heavy atom. The summed E-state index contributed by atoms with van der Waals surface area (Å²) in [6.07, 6.45) is 0. The van der Waals surface area contributed by atoms with Crippen molar-refractivity contribution in [3.8, 4) is 11.1 Å². The van der Waals surface area contributed by atoms with Gasteiger partial charge in [0.1, 0.15) is 5.58 Å². The summed E-state index contributed by atoms with van der Waals surface area (Å²) in [5.74, 6) is 0. The van der Waals surface area contributed by atoms with Crippen LogP contribution in [0, 0.1) is 10.1 Å². The number of nitro benzene ring substituents is 1. The molecule has 3 rings (SSSR count). The van der Waals surface area contributed by atoms with Crippen molar-refractivity contribution < 1.29 is 9.34 Å². The topological polar surface area (TPSA) is 56.3 Å². The van der Waals surface area contributed by atoms with Gasteiger partial charge in [0, 0.05) is 34.0 Å². The van der Waals surface area contributed by atoms with Gasteiger partial charge in [-0.2, -0.15) is 0 Å². The van der Waals surface area contributed by atoms with Crippen LogP contribution in [0.1, 0.15) is 5.56 Å². The van der Waals surface area contributed by atoms with Crippen molar-refractivity contribution in [2.24, 2.45) is 0 Å². The Morgan fingerprint density at radius 2 is 1.90 bits per heavy atom. The summed E-state index contributed by atoms with van der Waals surface area (Å²) in [5, 5.41) is 12.3. The maximum atomic E-state index is 11.1. The number of nitrogens with zero attached hydrogens (tertiary/aromatic N) is 1. The van der Waals surface area contributed by atoms with Gasteiger partial charge in [0.15, 0.2) is 4.67 Å². The van der Waals surface area contributed by atoms with E-state index < -0.39 is 0 Å². The SMILES string of the molecule is O=[N+]([O-])c1cc(CBr)c2oc(Br)c(-c3ccccc3)c2c1. The molecule has 0 bridgehead atoms. The van der Waals surface area contributed by atoms with E-state index in [0.29, 0.717) is 15.6 Å². The first-order chi connectivity index (χ1) is 10.1. The fourth-order valence-corrected chi connectivity index (χ4v) is 3.32. The van der Waals surface area contributed by atoms with Crippen LogP contribution in [0.2, 0.25) is 0 Å². The number of alkyl halides is 1. The molecule has 0 fully saturated rings. The van der Waals surface area contributed by atoms with Crippen LogP contribution in [0.3, 0.4) is 0 Å². The molecular formula is C15H9Br2NO3. The van der Waals surface area contributed by atoms with Gasteiger partial charge in [-0.1, -0.05) is 46.3 Å². The van der Waals surface area contributed by atoms with Gasteiger partial charge in [0.05, 0.1) is 4.92 Å². The van der Waals surface area contributed by atoms with E-state index in [1.807, 2.05) is 30.3 Å². The molecule has 0 aliphatic heterocycles. The second-order valence-corrected chi connectivity index (χ2v) is 5.77. The minimum absolute atomic E-state index is 0.0578. The summed E-state index contributed by atoms with van der Waals surface area (Å²) < 4.78 is 6.35. The largest absolute Gasteiger partial charge is 0.448 e. The molecule has 0 aliphatic carbocycles. The lowest BCUT2D eigenvalue weighted by molar-refractivity contribution is -0.384. The molecule has 0 N–H and O–H groups in total. The molecule has 21 heavy (non-hydrogen) atoms. The number of benzene rings is 2. The average molecular weight is 411 g/mol. The van der Waals surface area contributed by atoms with E-state index in [0.717, 1.165) is 22.1 Å². The van der Waals surface area contributed by atoms with E-state index in [1.54, 1.807) is 6.07 Å². The Balaban J connectivity index is 2.38. The summed E-state index contributed by atoms with van der Waals surface area (Å²) in [6, 6.07) is 12.7. The minimum atomic E-state index is -0.388. The average Bonchev–Trinajstić information content (AvgIpc) is 2.82. The number of rotatable bonds is 3. The zero-order valence-electron chi connectivity index (χ0n) is 10.7. The molecule has 0 atom stereocenters. The van der Waals surface area contributed by atoms with Crippen LogP contribution in [0.4, 0.5) is 5.69 Å². The standard InChI is InChI=1S/C15H9Br2NO3/c16-8-10-6-11(18(19)20)7-12-13(15(17)21-14(10)12)9-4-2-1-3-5-9/h1-7H,8H2. The predicted octanol–water partition coefficient (Wildman–Crippen LogP) is 5.67. The molecule has 6 heteroatoms. The van der Waals surface area contributed by atoms with Gasteiger partial charge < -0.3 is 4.42 Å². The lowest BCUT2D eigenvalue weighted by atomic mass is 10.0. The van der Waals surface area contributed by atoms with E-state index in [4.69, 9.17) is 4.42 Å². The van der Waals surface area contributed by atoms with Crippen molar-refractivity contribution in [1.82, 2.24) is 0 Å². The molecule has 0 amide bonds. The highest BCUT2D eigenvalue weighted by molar-refractivity contribution is 9.10. The first-order valence-electron chi connectivity index (χ1n) is 6.12. The van der Waals surface area contributed by atoms with Gasteiger partial charge in [0.2, 0.25) is 0 Å². The Bertz CT molecular complexity index is 828. The first-order valence-corrected chi connectivity index (χ1v) is 8.04. The van der Waals surface area contributed by atoms with Crippen LogP contribution in [-0.4, -0.2) is 4.92 Å². The number of non-ortho nitro benzene ring substituents is 1. The molecule has 0 saturated heterocycles. The Hall–Kier alpha value is -1.66. The summed E-state index contributed by atoms with van der Waals surface area (Å²) >= 11 is 6.77. The quantitative estimate of drug-likeness (QED) is 0.317. The predicted molar refractivity (Wildman–Crippen MR) is 88.6 cm³/mol. The lowest BCUT2D eigenvalue weighted by Crippen LogP contribution is -1.90. The van der Waals surface area contributed by atoms with Gasteiger partial charge in [0.25, 0.3) is 5.69 Å². The number of hydrogen-bond donors (Lipinski definition) is 0. The number of halogens is 2. The van der Waals surface area contributed by atoms with Gasteiger partial charge >= 0.3 is 0 Å². The third-order valence-electron chi connectivity index (χ3n) is 3.23. The number of fused-ring (bicyclic) bond motifs is 1. The monoisotopic (exact) mass is 409 g/mol. The maximum Gasteiger partial charge on any atom is 0.270 e. The first kappa shape index (κ1) is 14.3. The maximum absolute atomic E-state index is 11.1.